The van der Waals surface area contributed by atoms with E-state index in [-0.39, 0.29) is 0 Å². The van der Waals surface area contributed by atoms with Crippen molar-refractivity contribution in [3.63, 3.8) is 0 Å². The van der Waals surface area contributed by atoms with E-state index in [1.165, 1.54) is 32.2 Å². The Bertz CT molecular complexity index is 119. The van der Waals surface area contributed by atoms with E-state index in [1.54, 1.807) is 0 Å². The molecule has 12 heavy (non-hydrogen) atoms. The summed E-state index contributed by atoms with van der Waals surface area (Å²) in [5, 5.41) is 3.44. The molecule has 1 aliphatic carbocycles. The Hall–Kier alpha value is -0.0400. The summed E-state index contributed by atoms with van der Waals surface area (Å²) in [6, 6.07) is 0. The molecule has 0 heterocycles. The van der Waals surface area contributed by atoms with Crippen molar-refractivity contribution in [3.05, 3.63) is 0 Å². The average molecular weight is 169 g/mol. The lowest BCUT2D eigenvalue weighted by Gasteiger charge is -2.47. The molecule has 1 nitrogen and oxygen atoms in total. The topological polar surface area (TPSA) is 12.0 Å². The second kappa shape index (κ2) is 4.27. The van der Waals surface area contributed by atoms with Gasteiger partial charge >= 0.3 is 0 Å². The lowest BCUT2D eigenvalue weighted by Crippen LogP contribution is -2.41. The van der Waals surface area contributed by atoms with Gasteiger partial charge in [0.05, 0.1) is 0 Å². The van der Waals surface area contributed by atoms with Crippen LogP contribution in [0.3, 0.4) is 0 Å². The molecular weight excluding hydrogens is 146 g/mol. The van der Waals surface area contributed by atoms with Gasteiger partial charge in [-0.2, -0.15) is 0 Å². The summed E-state index contributed by atoms with van der Waals surface area (Å²) in [7, 11) is 0. The first-order valence-corrected chi connectivity index (χ1v) is 5.47. The minimum Gasteiger partial charge on any atom is -0.317 e. The molecule has 1 rings (SSSR count). The van der Waals surface area contributed by atoms with Crippen LogP contribution >= 0.6 is 0 Å². The van der Waals surface area contributed by atoms with Crippen molar-refractivity contribution in [1.82, 2.24) is 5.32 Å². The van der Waals surface area contributed by atoms with Gasteiger partial charge in [-0.15, -0.1) is 0 Å². The Balaban J connectivity index is 2.16. The number of nitrogens with one attached hydrogen (secondary N) is 1. The van der Waals surface area contributed by atoms with Gasteiger partial charge in [0.25, 0.3) is 0 Å². The maximum atomic E-state index is 3.44. The van der Waals surface area contributed by atoms with Gasteiger partial charge in [0.2, 0.25) is 0 Å². The van der Waals surface area contributed by atoms with E-state index in [9.17, 15) is 0 Å². The van der Waals surface area contributed by atoms with E-state index >= 15 is 0 Å². The second-order valence-corrected chi connectivity index (χ2v) is 4.29. The van der Waals surface area contributed by atoms with E-state index in [2.05, 4.69) is 26.1 Å². The van der Waals surface area contributed by atoms with Gasteiger partial charge in [-0.05, 0) is 37.3 Å². The van der Waals surface area contributed by atoms with E-state index < -0.39 is 0 Å². The maximum absolute atomic E-state index is 3.44. The summed E-state index contributed by atoms with van der Waals surface area (Å²) in [5.74, 6) is 0.977. The first kappa shape index (κ1) is 10.0. The standard InChI is InChI=1S/C11H23N/c1-4-11(5-2)7-10(8-11)9-12-6-3/h10,12H,4-9H2,1-3H3. The van der Waals surface area contributed by atoms with Crippen molar-refractivity contribution in [2.75, 3.05) is 13.1 Å². The molecule has 1 N–H and O–H groups in total. The zero-order valence-corrected chi connectivity index (χ0v) is 8.82. The number of hydrogen-bond donors (Lipinski definition) is 1. The Labute approximate surface area is 76.9 Å². The van der Waals surface area contributed by atoms with Crippen molar-refractivity contribution in [2.24, 2.45) is 11.3 Å². The van der Waals surface area contributed by atoms with Crippen molar-refractivity contribution in [3.8, 4) is 0 Å². The molecule has 0 bridgehead atoms. The predicted molar refractivity (Wildman–Crippen MR) is 54.3 cm³/mol. The molecule has 0 aromatic heterocycles. The Morgan fingerprint density at radius 3 is 2.17 bits per heavy atom. The molecule has 1 aliphatic rings. The molecule has 0 amide bonds. The summed E-state index contributed by atoms with van der Waals surface area (Å²) in [6.45, 7) is 9.24. The third-order valence-corrected chi connectivity index (χ3v) is 3.63. The van der Waals surface area contributed by atoms with E-state index in [1.807, 2.05) is 0 Å². The van der Waals surface area contributed by atoms with Crippen LogP contribution in [0.4, 0.5) is 0 Å². The molecule has 0 aromatic carbocycles. The maximum Gasteiger partial charge on any atom is -0.00202 e. The van der Waals surface area contributed by atoms with Gasteiger partial charge in [-0.25, -0.2) is 0 Å². The van der Waals surface area contributed by atoms with Gasteiger partial charge in [-0.1, -0.05) is 33.6 Å². The summed E-state index contributed by atoms with van der Waals surface area (Å²) in [4.78, 5) is 0. The summed E-state index contributed by atoms with van der Waals surface area (Å²) in [5.41, 5.74) is 0.736. The monoisotopic (exact) mass is 169 g/mol. The normalized spacial score (nSPS) is 22.2. The highest BCUT2D eigenvalue weighted by atomic mass is 14.9. The molecule has 72 valence electrons. The van der Waals surface area contributed by atoms with Gasteiger partial charge in [-0.3, -0.25) is 0 Å². The highest BCUT2D eigenvalue weighted by molar-refractivity contribution is 4.92. The molecule has 0 radical (unpaired) electrons. The Morgan fingerprint density at radius 2 is 1.75 bits per heavy atom. The fourth-order valence-corrected chi connectivity index (χ4v) is 2.49. The fourth-order valence-electron chi connectivity index (χ4n) is 2.49. The van der Waals surface area contributed by atoms with Crippen LogP contribution in [0.1, 0.15) is 46.5 Å². The van der Waals surface area contributed by atoms with Gasteiger partial charge in [0.1, 0.15) is 0 Å². The van der Waals surface area contributed by atoms with Crippen LogP contribution in [-0.2, 0) is 0 Å². The van der Waals surface area contributed by atoms with Crippen molar-refractivity contribution in [2.45, 2.75) is 46.5 Å². The number of hydrogen-bond acceptors (Lipinski definition) is 1. The van der Waals surface area contributed by atoms with Crippen LogP contribution in [0, 0.1) is 11.3 Å². The molecule has 1 fully saturated rings. The van der Waals surface area contributed by atoms with Crippen LogP contribution in [0.5, 0.6) is 0 Å². The SMILES string of the molecule is CCNCC1CC(CC)(CC)C1. The van der Waals surface area contributed by atoms with E-state index in [0.717, 1.165) is 17.9 Å². The smallest absolute Gasteiger partial charge is 0.00202 e. The first-order chi connectivity index (χ1) is 5.76. The van der Waals surface area contributed by atoms with Crippen LogP contribution in [0.25, 0.3) is 0 Å². The van der Waals surface area contributed by atoms with Gasteiger partial charge < -0.3 is 5.32 Å². The van der Waals surface area contributed by atoms with Gasteiger partial charge in [0, 0.05) is 0 Å². The third-order valence-electron chi connectivity index (χ3n) is 3.63. The minimum atomic E-state index is 0.736. The average Bonchev–Trinajstić information content (AvgIpc) is 2.04. The molecule has 0 spiro atoms. The van der Waals surface area contributed by atoms with Gasteiger partial charge in [0.15, 0.2) is 0 Å². The lowest BCUT2D eigenvalue weighted by molar-refractivity contribution is 0.0460. The van der Waals surface area contributed by atoms with E-state index in [0.29, 0.717) is 0 Å². The zero-order valence-electron chi connectivity index (χ0n) is 8.82. The zero-order chi connectivity index (χ0) is 9.03. The fraction of sp³-hybridized carbons (Fsp3) is 1.00. The highest BCUT2D eigenvalue weighted by Gasteiger charge is 2.40. The molecule has 1 heteroatoms. The molecule has 0 aliphatic heterocycles. The summed E-state index contributed by atoms with van der Waals surface area (Å²) >= 11 is 0. The quantitative estimate of drug-likeness (QED) is 0.667. The summed E-state index contributed by atoms with van der Waals surface area (Å²) < 4.78 is 0. The largest absolute Gasteiger partial charge is 0.317 e. The Kier molecular flexibility index (Phi) is 3.57. The minimum absolute atomic E-state index is 0.736. The number of rotatable bonds is 5. The second-order valence-electron chi connectivity index (χ2n) is 4.29. The van der Waals surface area contributed by atoms with Crippen LogP contribution in [0.15, 0.2) is 0 Å². The lowest BCUT2D eigenvalue weighted by atomic mass is 9.59. The Morgan fingerprint density at radius 1 is 1.17 bits per heavy atom. The van der Waals surface area contributed by atoms with E-state index in [4.69, 9.17) is 0 Å². The highest BCUT2D eigenvalue weighted by Crippen LogP contribution is 2.50. The molecule has 0 unspecified atom stereocenters. The molecular formula is C11H23N. The van der Waals surface area contributed by atoms with Crippen LogP contribution < -0.4 is 5.32 Å². The molecule has 0 aromatic rings. The third kappa shape index (κ3) is 2.01. The summed E-state index contributed by atoms with van der Waals surface area (Å²) in [6.07, 6.45) is 5.69. The van der Waals surface area contributed by atoms with Crippen LogP contribution in [0.2, 0.25) is 0 Å². The predicted octanol–water partition coefficient (Wildman–Crippen LogP) is 2.81. The molecule has 0 atom stereocenters. The molecule has 0 saturated heterocycles. The van der Waals surface area contributed by atoms with Crippen molar-refractivity contribution in [1.29, 1.82) is 0 Å². The van der Waals surface area contributed by atoms with Crippen molar-refractivity contribution < 1.29 is 0 Å². The first-order valence-electron chi connectivity index (χ1n) is 5.47. The van der Waals surface area contributed by atoms with Crippen LogP contribution in [-0.4, -0.2) is 13.1 Å². The molecule has 1 saturated carbocycles. The van der Waals surface area contributed by atoms with Crippen molar-refractivity contribution >= 4 is 0 Å².